The van der Waals surface area contributed by atoms with Crippen molar-refractivity contribution in [3.05, 3.63) is 0 Å². The van der Waals surface area contributed by atoms with Crippen molar-refractivity contribution in [2.24, 2.45) is 5.92 Å². The Labute approximate surface area is 163 Å². The predicted octanol–water partition coefficient (Wildman–Crippen LogP) is 6.01. The highest BCUT2D eigenvalue weighted by molar-refractivity contribution is 7.79. The summed E-state index contributed by atoms with van der Waals surface area (Å²) < 4.78 is 31.6. The zero-order valence-corrected chi connectivity index (χ0v) is 18.6. The van der Waals surface area contributed by atoms with Crippen molar-refractivity contribution in [3.63, 3.8) is 0 Å². The van der Waals surface area contributed by atoms with Gasteiger partial charge in [-0.25, -0.2) is 0 Å². The van der Waals surface area contributed by atoms with E-state index >= 15 is 0 Å². The van der Waals surface area contributed by atoms with Crippen molar-refractivity contribution in [3.8, 4) is 0 Å². The second kappa shape index (κ2) is 19.6. The van der Waals surface area contributed by atoms with E-state index in [0.29, 0.717) is 0 Å². The van der Waals surface area contributed by atoms with Crippen LogP contribution in [-0.2, 0) is 10.4 Å². The van der Waals surface area contributed by atoms with Crippen LogP contribution in [0.4, 0.5) is 0 Å². The molecule has 0 aromatic heterocycles. The first kappa shape index (κ1) is 28.0. The zero-order chi connectivity index (χ0) is 20.3. The SMILES string of the molecule is CCCCCCCCCCCCC(CCCC)CN(C)C.O=S(=O)(O)O. The normalized spacial score (nSPS) is 12.7. The molecule has 0 aromatic carbocycles. The van der Waals surface area contributed by atoms with Gasteiger partial charge in [-0.1, -0.05) is 90.9 Å². The highest BCUT2D eigenvalue weighted by Gasteiger charge is 2.09. The van der Waals surface area contributed by atoms with Crippen molar-refractivity contribution in [1.82, 2.24) is 4.90 Å². The fraction of sp³-hybridized carbons (Fsp3) is 1.00. The molecule has 1 unspecified atom stereocenters. The molecule has 0 aromatic rings. The lowest BCUT2D eigenvalue weighted by atomic mass is 9.94. The topological polar surface area (TPSA) is 77.8 Å². The molecule has 160 valence electrons. The lowest BCUT2D eigenvalue weighted by Gasteiger charge is -2.20. The van der Waals surface area contributed by atoms with Gasteiger partial charge in [0.15, 0.2) is 0 Å². The number of nitrogens with zero attached hydrogens (tertiary/aromatic N) is 1. The molecule has 0 amide bonds. The van der Waals surface area contributed by atoms with Gasteiger partial charge in [0.05, 0.1) is 0 Å². The van der Waals surface area contributed by atoms with Gasteiger partial charge in [-0.2, -0.15) is 8.42 Å². The zero-order valence-electron chi connectivity index (χ0n) is 17.8. The summed E-state index contributed by atoms with van der Waals surface area (Å²) in [6, 6.07) is 0. The first-order valence-corrected chi connectivity index (χ1v) is 11.9. The monoisotopic (exact) mass is 395 g/mol. The van der Waals surface area contributed by atoms with Gasteiger partial charge in [-0.3, -0.25) is 9.11 Å². The third-order valence-corrected chi connectivity index (χ3v) is 4.56. The Balaban J connectivity index is 0. The fourth-order valence-electron chi connectivity index (χ4n) is 3.26. The molecule has 6 heteroatoms. The van der Waals surface area contributed by atoms with Gasteiger partial charge in [-0.15, -0.1) is 0 Å². The molecule has 5 nitrogen and oxygen atoms in total. The highest BCUT2D eigenvalue weighted by Crippen LogP contribution is 2.18. The Hall–Kier alpha value is -0.170. The molecule has 0 heterocycles. The van der Waals surface area contributed by atoms with Crippen LogP contribution in [0.15, 0.2) is 0 Å². The first-order chi connectivity index (χ1) is 12.2. The van der Waals surface area contributed by atoms with E-state index in [1.165, 1.54) is 96.4 Å². The molecule has 0 aliphatic carbocycles. The number of hydrogen-bond acceptors (Lipinski definition) is 3. The van der Waals surface area contributed by atoms with Gasteiger partial charge >= 0.3 is 10.4 Å². The largest absolute Gasteiger partial charge is 0.394 e. The molecule has 0 bridgehead atoms. The van der Waals surface area contributed by atoms with Crippen LogP contribution in [-0.4, -0.2) is 43.1 Å². The van der Waals surface area contributed by atoms with E-state index in [2.05, 4.69) is 32.8 Å². The predicted molar refractivity (Wildman–Crippen MR) is 112 cm³/mol. The Morgan fingerprint density at radius 3 is 1.42 bits per heavy atom. The summed E-state index contributed by atoms with van der Waals surface area (Å²) >= 11 is 0. The Morgan fingerprint density at radius 2 is 1.04 bits per heavy atom. The Bertz CT molecular complexity index is 364. The van der Waals surface area contributed by atoms with E-state index < -0.39 is 10.4 Å². The molecule has 0 aliphatic rings. The molecule has 0 spiro atoms. The van der Waals surface area contributed by atoms with Crippen LogP contribution in [0.5, 0.6) is 0 Å². The quantitative estimate of drug-likeness (QED) is 0.247. The molecule has 0 radical (unpaired) electrons. The molecule has 0 fully saturated rings. The van der Waals surface area contributed by atoms with Crippen LogP contribution in [0.2, 0.25) is 0 Å². The van der Waals surface area contributed by atoms with E-state index in [1.54, 1.807) is 0 Å². The van der Waals surface area contributed by atoms with Gasteiger partial charge in [0.25, 0.3) is 0 Å². The van der Waals surface area contributed by atoms with Crippen molar-refractivity contribution in [2.45, 2.75) is 104 Å². The van der Waals surface area contributed by atoms with Crippen molar-refractivity contribution in [1.29, 1.82) is 0 Å². The minimum absolute atomic E-state index is 0.939. The lowest BCUT2D eigenvalue weighted by molar-refractivity contribution is 0.288. The van der Waals surface area contributed by atoms with Gasteiger partial charge in [0, 0.05) is 6.54 Å². The molecule has 0 aliphatic heterocycles. The number of unbranched alkanes of at least 4 members (excludes halogenated alkanes) is 10. The van der Waals surface area contributed by atoms with Crippen LogP contribution in [0.25, 0.3) is 0 Å². The summed E-state index contributed by atoms with van der Waals surface area (Å²) in [7, 11) is -0.227. The third kappa shape index (κ3) is 31.6. The fourth-order valence-corrected chi connectivity index (χ4v) is 3.26. The summed E-state index contributed by atoms with van der Waals surface area (Å²) in [5.41, 5.74) is 0. The summed E-state index contributed by atoms with van der Waals surface area (Å²) in [4.78, 5) is 2.37. The Morgan fingerprint density at radius 1 is 0.692 bits per heavy atom. The standard InChI is InChI=1S/C20H43N.H2O4S/c1-5-7-9-10-11-12-13-14-15-16-18-20(17-8-6-2)19-21(3)4;1-5(2,3)4/h20H,5-19H2,1-4H3;(H2,1,2,3,4). The van der Waals surface area contributed by atoms with E-state index in [1.807, 2.05) is 0 Å². The average molecular weight is 396 g/mol. The molecule has 1 atom stereocenters. The van der Waals surface area contributed by atoms with Gasteiger partial charge in [0.2, 0.25) is 0 Å². The van der Waals surface area contributed by atoms with E-state index in [9.17, 15) is 0 Å². The number of rotatable bonds is 16. The maximum Gasteiger partial charge on any atom is 0.394 e. The first-order valence-electron chi connectivity index (χ1n) is 10.5. The lowest BCUT2D eigenvalue weighted by Crippen LogP contribution is -2.21. The maximum atomic E-state index is 8.74. The van der Waals surface area contributed by atoms with Crippen molar-refractivity contribution >= 4 is 10.4 Å². The summed E-state index contributed by atoms with van der Waals surface area (Å²) in [6.07, 6.45) is 20.2. The van der Waals surface area contributed by atoms with Gasteiger partial charge in [0.1, 0.15) is 0 Å². The van der Waals surface area contributed by atoms with Gasteiger partial charge < -0.3 is 4.90 Å². The molecule has 0 saturated heterocycles. The van der Waals surface area contributed by atoms with Crippen LogP contribution >= 0.6 is 0 Å². The summed E-state index contributed by atoms with van der Waals surface area (Å²) in [5, 5.41) is 0. The second-order valence-corrected chi connectivity index (χ2v) is 8.58. The van der Waals surface area contributed by atoms with Crippen molar-refractivity contribution < 1.29 is 17.5 Å². The minimum atomic E-state index is -4.67. The maximum absolute atomic E-state index is 8.74. The van der Waals surface area contributed by atoms with E-state index in [-0.39, 0.29) is 0 Å². The second-order valence-electron chi connectivity index (χ2n) is 7.69. The van der Waals surface area contributed by atoms with Crippen LogP contribution in [0.3, 0.4) is 0 Å². The smallest absolute Gasteiger partial charge is 0.309 e. The van der Waals surface area contributed by atoms with Crippen LogP contribution in [0, 0.1) is 5.92 Å². The summed E-state index contributed by atoms with van der Waals surface area (Å²) in [5.74, 6) is 0.939. The van der Waals surface area contributed by atoms with E-state index in [0.717, 1.165) is 5.92 Å². The molecule has 26 heavy (non-hydrogen) atoms. The molecule has 0 rings (SSSR count). The highest BCUT2D eigenvalue weighted by atomic mass is 32.3. The third-order valence-electron chi connectivity index (χ3n) is 4.56. The molecule has 2 N–H and O–H groups in total. The molecule has 0 saturated carbocycles. The van der Waals surface area contributed by atoms with Gasteiger partial charge in [-0.05, 0) is 32.9 Å². The average Bonchev–Trinajstić information content (AvgIpc) is 2.52. The molecular weight excluding hydrogens is 350 g/mol. The summed E-state index contributed by atoms with van der Waals surface area (Å²) in [6.45, 7) is 5.90. The van der Waals surface area contributed by atoms with Crippen molar-refractivity contribution in [2.75, 3.05) is 20.6 Å². The Kier molecular flexibility index (Phi) is 21.1. The number of hydrogen-bond donors (Lipinski definition) is 2. The molecular formula is C20H45NO4S. The minimum Gasteiger partial charge on any atom is -0.309 e. The van der Waals surface area contributed by atoms with E-state index in [4.69, 9.17) is 17.5 Å². The van der Waals surface area contributed by atoms with Crippen LogP contribution < -0.4 is 0 Å². The van der Waals surface area contributed by atoms with Crippen LogP contribution in [0.1, 0.15) is 104 Å².